The molecular weight excluding hydrogens is 216 g/mol. The second-order valence-corrected chi connectivity index (χ2v) is 4.26. The molecule has 3 heterocycles. The van der Waals surface area contributed by atoms with Crippen LogP contribution < -0.4 is 16.0 Å². The fourth-order valence-electron chi connectivity index (χ4n) is 2.38. The van der Waals surface area contributed by atoms with Crippen LogP contribution in [0.4, 0.5) is 0 Å². The Bertz CT molecular complexity index is 424. The van der Waals surface area contributed by atoms with Crippen LogP contribution in [0.25, 0.3) is 0 Å². The van der Waals surface area contributed by atoms with Gasteiger partial charge in [0.1, 0.15) is 0 Å². The van der Waals surface area contributed by atoms with E-state index in [1.807, 2.05) is 24.7 Å². The number of rotatable bonds is 2. The van der Waals surface area contributed by atoms with Gasteiger partial charge in [0.2, 0.25) is 6.35 Å². The zero-order valence-corrected chi connectivity index (χ0v) is 9.68. The van der Waals surface area contributed by atoms with Gasteiger partial charge in [-0.3, -0.25) is 5.32 Å². The molecule has 0 aromatic rings. The highest BCUT2D eigenvalue weighted by molar-refractivity contribution is 5.81. The van der Waals surface area contributed by atoms with Crippen LogP contribution in [0.2, 0.25) is 0 Å². The van der Waals surface area contributed by atoms with Gasteiger partial charge in [0.15, 0.2) is 0 Å². The molecule has 3 aliphatic heterocycles. The number of methoxy groups -OCH3 is 1. The van der Waals surface area contributed by atoms with Gasteiger partial charge in [0.25, 0.3) is 0 Å². The standard InChI is InChI=1S/C12H16N4O/c1-17-12-15-5-8(6-16-12)10-7-14-11-9(10)3-2-4-13-11/h2-6,10-15H,7H2,1H3. The molecule has 0 spiro atoms. The number of hydrogen-bond acceptors (Lipinski definition) is 5. The van der Waals surface area contributed by atoms with Crippen LogP contribution >= 0.6 is 0 Å². The number of nitrogens with one attached hydrogen (secondary N) is 3. The predicted molar refractivity (Wildman–Crippen MR) is 66.1 cm³/mol. The summed E-state index contributed by atoms with van der Waals surface area (Å²) in [4.78, 5) is 4.29. The largest absolute Gasteiger partial charge is 0.372 e. The zero-order chi connectivity index (χ0) is 11.7. The first kappa shape index (κ1) is 10.6. The minimum atomic E-state index is -0.248. The third-order valence-electron chi connectivity index (χ3n) is 3.29. The van der Waals surface area contributed by atoms with Gasteiger partial charge in [-0.2, -0.15) is 0 Å². The minimum Gasteiger partial charge on any atom is -0.372 e. The van der Waals surface area contributed by atoms with Gasteiger partial charge in [-0.15, -0.1) is 0 Å². The summed E-state index contributed by atoms with van der Waals surface area (Å²) >= 11 is 0. The van der Waals surface area contributed by atoms with Crippen molar-refractivity contribution in [3.63, 3.8) is 0 Å². The molecule has 0 saturated carbocycles. The molecule has 5 heteroatoms. The van der Waals surface area contributed by atoms with Crippen LogP contribution in [0.1, 0.15) is 0 Å². The number of allylic oxidation sites excluding steroid dienone is 2. The Labute approximate surface area is 100 Å². The summed E-state index contributed by atoms with van der Waals surface area (Å²) in [6, 6.07) is 0. The summed E-state index contributed by atoms with van der Waals surface area (Å²) in [6.45, 7) is 0.933. The van der Waals surface area contributed by atoms with Crippen LogP contribution in [0, 0.1) is 5.92 Å². The highest BCUT2D eigenvalue weighted by Crippen LogP contribution is 2.28. The highest BCUT2D eigenvalue weighted by atomic mass is 16.5. The first-order valence-corrected chi connectivity index (χ1v) is 5.76. The Kier molecular flexibility index (Phi) is 2.70. The van der Waals surface area contributed by atoms with Crippen molar-refractivity contribution in [2.45, 2.75) is 12.5 Å². The monoisotopic (exact) mass is 232 g/mol. The van der Waals surface area contributed by atoms with Crippen molar-refractivity contribution < 1.29 is 4.74 Å². The summed E-state index contributed by atoms with van der Waals surface area (Å²) in [5, 5.41) is 9.85. The molecule has 0 aromatic carbocycles. The second kappa shape index (κ2) is 4.35. The first-order valence-electron chi connectivity index (χ1n) is 5.76. The Balaban J connectivity index is 1.78. The van der Waals surface area contributed by atoms with E-state index in [1.54, 1.807) is 7.11 Å². The van der Waals surface area contributed by atoms with Crippen molar-refractivity contribution in [3.05, 3.63) is 35.7 Å². The van der Waals surface area contributed by atoms with Crippen molar-refractivity contribution in [1.29, 1.82) is 0 Å². The van der Waals surface area contributed by atoms with Gasteiger partial charge < -0.3 is 15.4 Å². The minimum absolute atomic E-state index is 0.248. The van der Waals surface area contributed by atoms with Crippen LogP contribution in [-0.2, 0) is 4.74 Å². The molecule has 0 amide bonds. The average Bonchev–Trinajstić information content (AvgIpc) is 2.83. The summed E-state index contributed by atoms with van der Waals surface area (Å²) in [7, 11) is 1.64. The van der Waals surface area contributed by atoms with Crippen LogP contribution in [-0.4, -0.2) is 32.4 Å². The lowest BCUT2D eigenvalue weighted by molar-refractivity contribution is 0.0925. The number of fused-ring (bicyclic) bond motifs is 1. The lowest BCUT2D eigenvalue weighted by atomic mass is 9.92. The smallest absolute Gasteiger partial charge is 0.224 e. The normalized spacial score (nSPS) is 34.5. The molecule has 0 bridgehead atoms. The fourth-order valence-corrected chi connectivity index (χ4v) is 2.38. The lowest BCUT2D eigenvalue weighted by Crippen LogP contribution is -2.36. The Morgan fingerprint density at radius 3 is 3.12 bits per heavy atom. The molecule has 3 N–H and O–H groups in total. The third-order valence-corrected chi connectivity index (χ3v) is 3.29. The SMILES string of the molecule is COC1N=CC(C2CNC3NC=CC=C32)=CN1. The van der Waals surface area contributed by atoms with Crippen LogP contribution in [0.15, 0.2) is 40.7 Å². The van der Waals surface area contributed by atoms with Gasteiger partial charge in [-0.25, -0.2) is 4.99 Å². The van der Waals surface area contributed by atoms with Crippen molar-refractivity contribution in [2.24, 2.45) is 10.9 Å². The Morgan fingerprint density at radius 1 is 1.41 bits per heavy atom. The molecule has 3 aliphatic rings. The zero-order valence-electron chi connectivity index (χ0n) is 9.68. The van der Waals surface area contributed by atoms with Crippen molar-refractivity contribution in [1.82, 2.24) is 16.0 Å². The Hall–Kier alpha value is -1.59. The van der Waals surface area contributed by atoms with Crippen molar-refractivity contribution in [2.75, 3.05) is 13.7 Å². The first-order chi connectivity index (χ1) is 8.38. The van der Waals surface area contributed by atoms with E-state index in [1.165, 1.54) is 11.1 Å². The fraction of sp³-hybridized carbons (Fsp3) is 0.417. The van der Waals surface area contributed by atoms with Gasteiger partial charge in [-0.1, -0.05) is 6.08 Å². The van der Waals surface area contributed by atoms with Gasteiger partial charge >= 0.3 is 0 Å². The van der Waals surface area contributed by atoms with E-state index in [0.717, 1.165) is 6.54 Å². The van der Waals surface area contributed by atoms with Crippen LogP contribution in [0.5, 0.6) is 0 Å². The molecule has 1 fully saturated rings. The number of ether oxygens (including phenoxy) is 1. The maximum atomic E-state index is 5.10. The molecule has 5 nitrogen and oxygen atoms in total. The summed E-state index contributed by atoms with van der Waals surface area (Å²) in [5.74, 6) is 0.381. The van der Waals surface area contributed by atoms with E-state index >= 15 is 0 Å². The lowest BCUT2D eigenvalue weighted by Gasteiger charge is -2.22. The quantitative estimate of drug-likeness (QED) is 0.630. The molecule has 0 aliphatic carbocycles. The van der Waals surface area contributed by atoms with Crippen LogP contribution in [0.3, 0.4) is 0 Å². The molecule has 17 heavy (non-hydrogen) atoms. The summed E-state index contributed by atoms with van der Waals surface area (Å²) in [6.07, 6.45) is 10.1. The summed E-state index contributed by atoms with van der Waals surface area (Å²) in [5.41, 5.74) is 2.56. The highest BCUT2D eigenvalue weighted by Gasteiger charge is 2.32. The molecular formula is C12H16N4O. The van der Waals surface area contributed by atoms with Gasteiger partial charge in [-0.05, 0) is 23.4 Å². The topological polar surface area (TPSA) is 57.7 Å². The number of aliphatic imine (C=N–C) groups is 1. The molecule has 90 valence electrons. The van der Waals surface area contributed by atoms with Gasteiger partial charge in [0.05, 0.1) is 6.17 Å². The maximum Gasteiger partial charge on any atom is 0.224 e. The van der Waals surface area contributed by atoms with E-state index < -0.39 is 0 Å². The Morgan fingerprint density at radius 2 is 2.35 bits per heavy atom. The number of dihydropyridines is 1. The number of nitrogens with zero attached hydrogens (tertiary/aromatic N) is 1. The molecule has 1 saturated heterocycles. The molecule has 0 radical (unpaired) electrons. The third kappa shape index (κ3) is 1.87. The molecule has 3 atom stereocenters. The van der Waals surface area contributed by atoms with E-state index in [4.69, 9.17) is 4.74 Å². The van der Waals surface area contributed by atoms with Crippen molar-refractivity contribution >= 4 is 6.21 Å². The van der Waals surface area contributed by atoms with Crippen molar-refractivity contribution in [3.8, 4) is 0 Å². The molecule has 3 rings (SSSR count). The average molecular weight is 232 g/mol. The maximum absolute atomic E-state index is 5.10. The predicted octanol–water partition coefficient (Wildman–Crippen LogP) is 0.0631. The van der Waals surface area contributed by atoms with E-state index in [9.17, 15) is 0 Å². The van der Waals surface area contributed by atoms with E-state index in [2.05, 4.69) is 27.0 Å². The molecule has 3 unspecified atom stereocenters. The van der Waals surface area contributed by atoms with E-state index in [0.29, 0.717) is 5.92 Å². The van der Waals surface area contributed by atoms with E-state index in [-0.39, 0.29) is 12.5 Å². The van der Waals surface area contributed by atoms with Gasteiger partial charge in [0, 0.05) is 32.0 Å². The molecule has 0 aromatic heterocycles. The summed E-state index contributed by atoms with van der Waals surface area (Å²) < 4.78 is 5.10. The second-order valence-electron chi connectivity index (χ2n) is 4.26. The number of hydrogen-bond donors (Lipinski definition) is 3.